The van der Waals surface area contributed by atoms with Crippen LogP contribution in [-0.4, -0.2) is 11.8 Å². The van der Waals surface area contributed by atoms with Gasteiger partial charge >= 0.3 is 0 Å². The number of anilines is 2. The van der Waals surface area contributed by atoms with Gasteiger partial charge in [-0.05, 0) is 48.0 Å². The number of hydrogen-bond donors (Lipinski definition) is 2. The number of benzene rings is 2. The summed E-state index contributed by atoms with van der Waals surface area (Å²) >= 11 is 0. The van der Waals surface area contributed by atoms with E-state index < -0.39 is 5.82 Å². The third kappa shape index (κ3) is 4.32. The molecular formula is C19H15FN2O3. The molecule has 126 valence electrons. The topological polar surface area (TPSA) is 71.3 Å². The summed E-state index contributed by atoms with van der Waals surface area (Å²) in [6.45, 7) is 0. The van der Waals surface area contributed by atoms with Gasteiger partial charge in [-0.15, -0.1) is 0 Å². The van der Waals surface area contributed by atoms with Crippen LogP contribution in [0.1, 0.15) is 16.1 Å². The summed E-state index contributed by atoms with van der Waals surface area (Å²) in [5, 5.41) is 5.37. The first-order valence-corrected chi connectivity index (χ1v) is 7.60. The van der Waals surface area contributed by atoms with Crippen molar-refractivity contribution in [3.8, 4) is 0 Å². The molecule has 0 fully saturated rings. The number of nitrogens with one attached hydrogen (secondary N) is 2. The summed E-state index contributed by atoms with van der Waals surface area (Å²) in [5.41, 5.74) is 1.45. The highest BCUT2D eigenvalue weighted by Crippen LogP contribution is 2.16. The summed E-state index contributed by atoms with van der Waals surface area (Å²) in [5.74, 6) is -0.880. The van der Waals surface area contributed by atoms with Crippen LogP contribution in [0.15, 0.2) is 71.3 Å². The molecule has 0 radical (unpaired) electrons. The van der Waals surface area contributed by atoms with Crippen LogP contribution >= 0.6 is 0 Å². The van der Waals surface area contributed by atoms with Gasteiger partial charge in [-0.25, -0.2) is 4.39 Å². The molecular weight excluding hydrogens is 323 g/mol. The van der Waals surface area contributed by atoms with Crippen molar-refractivity contribution in [1.29, 1.82) is 0 Å². The van der Waals surface area contributed by atoms with Crippen LogP contribution in [0.25, 0.3) is 0 Å². The highest BCUT2D eigenvalue weighted by atomic mass is 19.1. The van der Waals surface area contributed by atoms with E-state index in [-0.39, 0.29) is 24.0 Å². The Labute approximate surface area is 143 Å². The van der Waals surface area contributed by atoms with E-state index in [1.807, 2.05) is 0 Å². The summed E-state index contributed by atoms with van der Waals surface area (Å²) in [7, 11) is 0. The second-order valence-corrected chi connectivity index (χ2v) is 5.33. The number of carbonyl (C=O) groups excluding carboxylic acids is 2. The molecule has 5 nitrogen and oxygen atoms in total. The van der Waals surface area contributed by atoms with Crippen molar-refractivity contribution in [2.75, 3.05) is 10.6 Å². The molecule has 0 aliphatic heterocycles. The summed E-state index contributed by atoms with van der Waals surface area (Å²) < 4.78 is 18.6. The lowest BCUT2D eigenvalue weighted by Crippen LogP contribution is -2.15. The maximum atomic E-state index is 13.6. The standard InChI is InChI=1S/C19H15FN2O3/c20-16-5-2-1-4-13(16)12-18(23)21-14-7-9-15(10-8-14)22-19(24)17-6-3-11-25-17/h1-11H,12H2,(H,21,23)(H,22,24). The Bertz CT molecular complexity index is 874. The molecule has 0 unspecified atom stereocenters. The van der Waals surface area contributed by atoms with Crippen LogP contribution < -0.4 is 10.6 Å². The summed E-state index contributed by atoms with van der Waals surface area (Å²) in [6.07, 6.45) is 1.37. The van der Waals surface area contributed by atoms with Crippen molar-refractivity contribution in [2.24, 2.45) is 0 Å². The Morgan fingerprint density at radius 3 is 2.20 bits per heavy atom. The number of halogens is 1. The fourth-order valence-corrected chi connectivity index (χ4v) is 2.26. The number of rotatable bonds is 5. The van der Waals surface area contributed by atoms with E-state index in [0.717, 1.165) is 0 Å². The lowest BCUT2D eigenvalue weighted by molar-refractivity contribution is -0.115. The molecule has 0 bridgehead atoms. The van der Waals surface area contributed by atoms with Crippen LogP contribution in [0, 0.1) is 5.82 Å². The number of amides is 2. The fraction of sp³-hybridized carbons (Fsp3) is 0.0526. The van der Waals surface area contributed by atoms with Crippen LogP contribution in [0.4, 0.5) is 15.8 Å². The van der Waals surface area contributed by atoms with Gasteiger partial charge in [0, 0.05) is 11.4 Å². The lowest BCUT2D eigenvalue weighted by Gasteiger charge is -2.08. The van der Waals surface area contributed by atoms with Gasteiger partial charge < -0.3 is 15.1 Å². The van der Waals surface area contributed by atoms with Crippen molar-refractivity contribution in [3.63, 3.8) is 0 Å². The van der Waals surface area contributed by atoms with Gasteiger partial charge in [-0.3, -0.25) is 9.59 Å². The van der Waals surface area contributed by atoms with Crippen molar-refractivity contribution < 1.29 is 18.4 Å². The Morgan fingerprint density at radius 1 is 0.880 bits per heavy atom. The molecule has 0 aliphatic carbocycles. The first kappa shape index (κ1) is 16.4. The highest BCUT2D eigenvalue weighted by Gasteiger charge is 2.10. The smallest absolute Gasteiger partial charge is 0.291 e. The predicted octanol–water partition coefficient (Wildman–Crippen LogP) is 3.85. The minimum atomic E-state index is -0.409. The first-order valence-electron chi connectivity index (χ1n) is 7.60. The van der Waals surface area contributed by atoms with Gasteiger partial charge in [0.05, 0.1) is 12.7 Å². The van der Waals surface area contributed by atoms with Crippen molar-refractivity contribution in [1.82, 2.24) is 0 Å². The van der Waals surface area contributed by atoms with Gasteiger partial charge in [0.15, 0.2) is 5.76 Å². The van der Waals surface area contributed by atoms with Crippen molar-refractivity contribution in [3.05, 3.63) is 84.1 Å². The van der Waals surface area contributed by atoms with Crippen LogP contribution in [-0.2, 0) is 11.2 Å². The van der Waals surface area contributed by atoms with E-state index in [2.05, 4.69) is 10.6 Å². The van der Waals surface area contributed by atoms with E-state index >= 15 is 0 Å². The molecule has 1 heterocycles. The zero-order valence-electron chi connectivity index (χ0n) is 13.2. The Balaban J connectivity index is 1.58. The van der Waals surface area contributed by atoms with Gasteiger partial charge in [-0.2, -0.15) is 0 Å². The van der Waals surface area contributed by atoms with E-state index in [9.17, 15) is 14.0 Å². The largest absolute Gasteiger partial charge is 0.459 e. The normalized spacial score (nSPS) is 10.3. The SMILES string of the molecule is O=C(Cc1ccccc1F)Nc1ccc(NC(=O)c2ccco2)cc1. The first-order chi connectivity index (χ1) is 12.1. The zero-order chi connectivity index (χ0) is 17.6. The maximum Gasteiger partial charge on any atom is 0.291 e. The molecule has 0 spiro atoms. The molecule has 0 saturated carbocycles. The van der Waals surface area contributed by atoms with Gasteiger partial charge in [-0.1, -0.05) is 18.2 Å². The predicted molar refractivity (Wildman–Crippen MR) is 91.8 cm³/mol. The van der Waals surface area contributed by atoms with E-state index in [1.54, 1.807) is 54.6 Å². The minimum absolute atomic E-state index is 0.0519. The number of furan rings is 1. The van der Waals surface area contributed by atoms with Gasteiger partial charge in [0.1, 0.15) is 5.82 Å². The van der Waals surface area contributed by atoms with Gasteiger partial charge in [0.2, 0.25) is 5.91 Å². The molecule has 3 rings (SSSR count). The third-order valence-electron chi connectivity index (χ3n) is 3.48. The van der Waals surface area contributed by atoms with E-state index in [4.69, 9.17) is 4.42 Å². The molecule has 0 atom stereocenters. The Hall–Kier alpha value is -3.41. The van der Waals surface area contributed by atoms with Crippen LogP contribution in [0.5, 0.6) is 0 Å². The quantitative estimate of drug-likeness (QED) is 0.742. The molecule has 0 saturated heterocycles. The highest BCUT2D eigenvalue weighted by molar-refractivity contribution is 6.02. The average Bonchev–Trinajstić information content (AvgIpc) is 3.13. The molecule has 0 aliphatic rings. The van der Waals surface area contributed by atoms with Crippen LogP contribution in [0.3, 0.4) is 0 Å². The fourth-order valence-electron chi connectivity index (χ4n) is 2.26. The van der Waals surface area contributed by atoms with Crippen molar-refractivity contribution in [2.45, 2.75) is 6.42 Å². The molecule has 3 aromatic rings. The van der Waals surface area contributed by atoms with E-state index in [1.165, 1.54) is 12.3 Å². The molecule has 1 aromatic heterocycles. The third-order valence-corrected chi connectivity index (χ3v) is 3.48. The van der Waals surface area contributed by atoms with Crippen LogP contribution in [0.2, 0.25) is 0 Å². The van der Waals surface area contributed by atoms with Crippen molar-refractivity contribution >= 4 is 23.2 Å². The summed E-state index contributed by atoms with van der Waals surface area (Å²) in [6, 6.07) is 15.9. The average molecular weight is 338 g/mol. The minimum Gasteiger partial charge on any atom is -0.459 e. The van der Waals surface area contributed by atoms with Gasteiger partial charge in [0.25, 0.3) is 5.91 Å². The summed E-state index contributed by atoms with van der Waals surface area (Å²) in [4.78, 5) is 23.9. The molecule has 2 aromatic carbocycles. The molecule has 2 amide bonds. The molecule has 6 heteroatoms. The molecule has 2 N–H and O–H groups in total. The second kappa shape index (κ2) is 7.44. The zero-order valence-corrected chi connectivity index (χ0v) is 13.2. The lowest BCUT2D eigenvalue weighted by atomic mass is 10.1. The Kier molecular flexibility index (Phi) is 4.89. The Morgan fingerprint density at radius 2 is 1.56 bits per heavy atom. The maximum absolute atomic E-state index is 13.6. The second-order valence-electron chi connectivity index (χ2n) is 5.33. The molecule has 25 heavy (non-hydrogen) atoms. The number of carbonyl (C=O) groups is 2. The van der Waals surface area contributed by atoms with E-state index in [0.29, 0.717) is 16.9 Å². The monoisotopic (exact) mass is 338 g/mol. The number of hydrogen-bond acceptors (Lipinski definition) is 3.